The Bertz CT molecular complexity index is 987. The van der Waals surface area contributed by atoms with Crippen LogP contribution in [0.5, 0.6) is 0 Å². The van der Waals surface area contributed by atoms with Gasteiger partial charge in [-0.15, -0.1) is 22.0 Å². The third kappa shape index (κ3) is 3.75. The number of ketones is 1. The number of hydrogen-bond donors (Lipinski definition) is 2. The van der Waals surface area contributed by atoms with Crippen LogP contribution in [-0.2, 0) is 24.0 Å². The first-order chi connectivity index (χ1) is 14.2. The van der Waals surface area contributed by atoms with Crippen LogP contribution in [0.4, 0.5) is 5.13 Å². The van der Waals surface area contributed by atoms with Crippen molar-refractivity contribution >= 4 is 63.1 Å². The molecule has 1 aromatic heterocycles. The van der Waals surface area contributed by atoms with Crippen LogP contribution in [0, 0.1) is 0 Å². The minimum atomic E-state index is -1.28. The SMILES string of the molecule is CON=C(C(C)=O)C(=O)NC1C(=O)N2C(C(=O)O)=C(c3nnc(N(C)C)s3)CS[C@H]12. The normalized spacial score (nSPS) is 21.0. The fourth-order valence-corrected chi connectivity index (χ4v) is 5.12. The molecule has 160 valence electrons. The zero-order chi connectivity index (χ0) is 22.2. The molecule has 1 unspecified atom stereocenters. The number of aromatic nitrogens is 2. The molecule has 2 aliphatic heterocycles. The highest BCUT2D eigenvalue weighted by molar-refractivity contribution is 8.00. The number of anilines is 1. The number of hydrogen-bond acceptors (Lipinski definition) is 11. The van der Waals surface area contributed by atoms with Gasteiger partial charge < -0.3 is 20.2 Å². The Kier molecular flexibility index (Phi) is 6.07. The zero-order valence-corrected chi connectivity index (χ0v) is 18.0. The van der Waals surface area contributed by atoms with Gasteiger partial charge in [0.1, 0.15) is 29.2 Å². The largest absolute Gasteiger partial charge is 0.477 e. The van der Waals surface area contributed by atoms with Crippen LogP contribution < -0.4 is 10.2 Å². The number of carboxylic acids is 1. The molecule has 0 spiro atoms. The quantitative estimate of drug-likeness (QED) is 0.236. The van der Waals surface area contributed by atoms with Gasteiger partial charge in [-0.3, -0.25) is 19.3 Å². The van der Waals surface area contributed by atoms with E-state index >= 15 is 0 Å². The standard InChI is InChI=1S/C16H18N6O6S2/c1-6(23)8(20-28-4)11(24)17-9-13(25)22-10(15(26)27)7(5-29-14(9)22)12-18-19-16(30-12)21(2)3/h9,14H,5H2,1-4H3,(H,17,24)(H,26,27)/t9?,14-/m1/s1. The van der Waals surface area contributed by atoms with Crippen LogP contribution in [0.1, 0.15) is 11.9 Å². The predicted molar refractivity (Wildman–Crippen MR) is 109 cm³/mol. The van der Waals surface area contributed by atoms with Gasteiger partial charge in [-0.1, -0.05) is 16.5 Å². The average Bonchev–Trinajstić information content (AvgIpc) is 3.18. The van der Waals surface area contributed by atoms with E-state index in [1.165, 1.54) is 30.2 Å². The Morgan fingerprint density at radius 1 is 1.33 bits per heavy atom. The number of oxime groups is 1. The summed E-state index contributed by atoms with van der Waals surface area (Å²) in [5.74, 6) is -3.12. The van der Waals surface area contributed by atoms with E-state index in [0.717, 1.165) is 11.8 Å². The van der Waals surface area contributed by atoms with Crippen molar-refractivity contribution in [2.24, 2.45) is 5.16 Å². The Hall–Kier alpha value is -3.00. The van der Waals surface area contributed by atoms with E-state index in [0.29, 0.717) is 15.7 Å². The highest BCUT2D eigenvalue weighted by atomic mass is 32.2. The maximum Gasteiger partial charge on any atom is 0.353 e. The molecule has 0 radical (unpaired) electrons. The van der Waals surface area contributed by atoms with Gasteiger partial charge in [-0.05, 0) is 0 Å². The van der Waals surface area contributed by atoms with E-state index in [1.807, 2.05) is 0 Å². The van der Waals surface area contributed by atoms with Gasteiger partial charge in [0, 0.05) is 32.3 Å². The van der Waals surface area contributed by atoms with E-state index in [2.05, 4.69) is 25.5 Å². The third-order valence-electron chi connectivity index (χ3n) is 4.24. The van der Waals surface area contributed by atoms with Crippen molar-refractivity contribution < 1.29 is 29.1 Å². The number of thioether (sulfide) groups is 1. The van der Waals surface area contributed by atoms with E-state index in [1.54, 1.807) is 19.0 Å². The van der Waals surface area contributed by atoms with Crippen molar-refractivity contribution in [2.45, 2.75) is 18.3 Å². The van der Waals surface area contributed by atoms with Gasteiger partial charge >= 0.3 is 5.97 Å². The number of carbonyl (C=O) groups excluding carboxylic acids is 3. The molecule has 2 N–H and O–H groups in total. The van der Waals surface area contributed by atoms with Gasteiger partial charge in [0.05, 0.1) is 0 Å². The van der Waals surface area contributed by atoms with Gasteiger partial charge in [-0.2, -0.15) is 0 Å². The lowest BCUT2D eigenvalue weighted by molar-refractivity contribution is -0.149. The van der Waals surface area contributed by atoms with Crippen molar-refractivity contribution in [3.63, 3.8) is 0 Å². The maximum atomic E-state index is 12.7. The molecular formula is C16H18N6O6S2. The molecule has 0 aliphatic carbocycles. The number of Topliss-reactive ketones (excluding diaryl/α,β-unsaturated/α-hetero) is 1. The second kappa shape index (κ2) is 8.39. The number of carboxylic acid groups (broad SMARTS) is 1. The second-order valence-electron chi connectivity index (χ2n) is 6.46. The van der Waals surface area contributed by atoms with Gasteiger partial charge in [0.15, 0.2) is 5.78 Å². The minimum absolute atomic E-state index is 0.187. The van der Waals surface area contributed by atoms with Crippen LogP contribution in [-0.4, -0.2) is 87.9 Å². The lowest BCUT2D eigenvalue weighted by Gasteiger charge is -2.49. The van der Waals surface area contributed by atoms with Crippen molar-refractivity contribution in [1.29, 1.82) is 0 Å². The molecule has 14 heteroatoms. The Morgan fingerprint density at radius 3 is 2.57 bits per heavy atom. The summed E-state index contributed by atoms with van der Waals surface area (Å²) in [6, 6.07) is -0.994. The molecular weight excluding hydrogens is 436 g/mol. The molecule has 3 heterocycles. The van der Waals surface area contributed by atoms with Crippen LogP contribution in [0.15, 0.2) is 10.9 Å². The number of aliphatic carboxylic acids is 1. The summed E-state index contributed by atoms with van der Waals surface area (Å²) in [5.41, 5.74) is -0.282. The number of nitrogens with one attached hydrogen (secondary N) is 1. The lowest BCUT2D eigenvalue weighted by Crippen LogP contribution is -2.71. The average molecular weight is 454 g/mol. The molecule has 1 saturated heterocycles. The van der Waals surface area contributed by atoms with Gasteiger partial charge in [0.2, 0.25) is 10.8 Å². The highest BCUT2D eigenvalue weighted by Gasteiger charge is 2.55. The molecule has 1 fully saturated rings. The van der Waals surface area contributed by atoms with E-state index in [4.69, 9.17) is 0 Å². The third-order valence-corrected chi connectivity index (χ3v) is 6.67. The fourth-order valence-electron chi connectivity index (χ4n) is 2.87. The molecule has 30 heavy (non-hydrogen) atoms. The smallest absolute Gasteiger partial charge is 0.353 e. The summed E-state index contributed by atoms with van der Waals surface area (Å²) >= 11 is 2.50. The van der Waals surface area contributed by atoms with Crippen molar-refractivity contribution in [2.75, 3.05) is 31.9 Å². The number of fused-ring (bicyclic) bond motifs is 1. The van der Waals surface area contributed by atoms with Crippen molar-refractivity contribution in [1.82, 2.24) is 20.4 Å². The summed E-state index contributed by atoms with van der Waals surface area (Å²) < 4.78 is 0. The molecule has 0 bridgehead atoms. The number of β-lactam (4-membered cyclic amide) rings is 1. The molecule has 0 saturated carbocycles. The predicted octanol–water partition coefficient (Wildman–Crippen LogP) is -0.609. The first kappa shape index (κ1) is 21.7. The minimum Gasteiger partial charge on any atom is -0.477 e. The van der Waals surface area contributed by atoms with Crippen LogP contribution >= 0.6 is 23.1 Å². The molecule has 2 amide bonds. The molecule has 0 aromatic carbocycles. The van der Waals surface area contributed by atoms with Crippen molar-refractivity contribution in [3.05, 3.63) is 10.7 Å². The molecule has 2 atom stereocenters. The summed E-state index contributed by atoms with van der Waals surface area (Å²) in [4.78, 5) is 55.8. The highest BCUT2D eigenvalue weighted by Crippen LogP contribution is 2.44. The van der Waals surface area contributed by atoms with Crippen LogP contribution in [0.25, 0.3) is 5.57 Å². The lowest BCUT2D eigenvalue weighted by atomic mass is 10.0. The first-order valence-electron chi connectivity index (χ1n) is 8.52. The maximum absolute atomic E-state index is 12.7. The number of rotatable bonds is 7. The molecule has 12 nitrogen and oxygen atoms in total. The van der Waals surface area contributed by atoms with Crippen LogP contribution in [0.3, 0.4) is 0 Å². The summed E-state index contributed by atoms with van der Waals surface area (Å²) in [6.45, 7) is 1.14. The Balaban J connectivity index is 1.86. The summed E-state index contributed by atoms with van der Waals surface area (Å²) in [5, 5.41) is 24.0. The van der Waals surface area contributed by atoms with Crippen molar-refractivity contribution in [3.8, 4) is 0 Å². The topological polar surface area (TPSA) is 154 Å². The van der Waals surface area contributed by atoms with E-state index in [9.17, 15) is 24.3 Å². The van der Waals surface area contributed by atoms with Crippen LogP contribution in [0.2, 0.25) is 0 Å². The zero-order valence-electron chi connectivity index (χ0n) is 16.4. The van der Waals surface area contributed by atoms with E-state index in [-0.39, 0.29) is 11.4 Å². The molecule has 1 aromatic rings. The monoisotopic (exact) mass is 454 g/mol. The first-order valence-corrected chi connectivity index (χ1v) is 10.4. The number of nitrogens with zero attached hydrogens (tertiary/aromatic N) is 5. The summed E-state index contributed by atoms with van der Waals surface area (Å²) in [6.07, 6.45) is 0. The second-order valence-corrected chi connectivity index (χ2v) is 8.52. The van der Waals surface area contributed by atoms with E-state index < -0.39 is 40.7 Å². The Morgan fingerprint density at radius 2 is 2.03 bits per heavy atom. The molecule has 3 rings (SSSR count). The van der Waals surface area contributed by atoms with Gasteiger partial charge in [-0.25, -0.2) is 4.79 Å². The number of amides is 2. The summed E-state index contributed by atoms with van der Waals surface area (Å²) in [7, 11) is 4.76. The number of carbonyl (C=O) groups is 4. The Labute approximate surface area is 178 Å². The molecule has 2 aliphatic rings. The fraction of sp³-hybridized carbons (Fsp3) is 0.438. The van der Waals surface area contributed by atoms with Gasteiger partial charge in [0.25, 0.3) is 11.8 Å².